The van der Waals surface area contributed by atoms with Crippen LogP contribution in [0.25, 0.3) is 0 Å². The van der Waals surface area contributed by atoms with Crippen molar-refractivity contribution in [3.8, 4) is 5.75 Å². The summed E-state index contributed by atoms with van der Waals surface area (Å²) in [5.41, 5.74) is 1.05. The summed E-state index contributed by atoms with van der Waals surface area (Å²) in [5, 5.41) is 2.63. The molecule has 30 heavy (non-hydrogen) atoms. The van der Waals surface area contributed by atoms with Crippen LogP contribution in [-0.4, -0.2) is 66.2 Å². The average Bonchev–Trinajstić information content (AvgIpc) is 2.68. The molecule has 1 N–H and O–H groups in total. The number of nitrogens with zero attached hydrogens (tertiary/aromatic N) is 2. The van der Waals surface area contributed by atoms with E-state index in [1.54, 1.807) is 13.0 Å². The maximum absolute atomic E-state index is 12.3. The molecule has 0 aromatic heterocycles. The normalized spacial score (nSPS) is 12.2. The zero-order valence-electron chi connectivity index (χ0n) is 17.4. The van der Waals surface area contributed by atoms with E-state index in [0.29, 0.717) is 17.0 Å². The van der Waals surface area contributed by atoms with Crippen LogP contribution in [0.15, 0.2) is 52.3 Å². The second-order valence-corrected chi connectivity index (χ2v) is 11.2. The predicted octanol–water partition coefficient (Wildman–Crippen LogP) is 1.51. The molecule has 0 spiro atoms. The van der Waals surface area contributed by atoms with Crippen molar-refractivity contribution in [2.45, 2.75) is 16.7 Å². The number of hydrogen-bond acceptors (Lipinski definition) is 6. The van der Waals surface area contributed by atoms with E-state index in [1.165, 1.54) is 64.6 Å². The molecular formula is C19H25N3O6S2. The molecule has 0 aliphatic rings. The van der Waals surface area contributed by atoms with E-state index in [1.807, 2.05) is 0 Å². The Kier molecular flexibility index (Phi) is 7.24. The minimum atomic E-state index is -3.63. The lowest BCUT2D eigenvalue weighted by atomic mass is 10.2. The minimum Gasteiger partial charge on any atom is -0.484 e. The van der Waals surface area contributed by atoms with Crippen molar-refractivity contribution in [3.05, 3.63) is 48.0 Å². The van der Waals surface area contributed by atoms with E-state index in [9.17, 15) is 21.6 Å². The van der Waals surface area contributed by atoms with Gasteiger partial charge in [0.2, 0.25) is 20.0 Å². The van der Waals surface area contributed by atoms with Gasteiger partial charge in [0, 0.05) is 33.9 Å². The summed E-state index contributed by atoms with van der Waals surface area (Å²) >= 11 is 0. The van der Waals surface area contributed by atoms with Crippen molar-refractivity contribution >= 4 is 31.6 Å². The molecule has 0 fully saturated rings. The molecule has 2 rings (SSSR count). The Morgan fingerprint density at radius 1 is 0.867 bits per heavy atom. The summed E-state index contributed by atoms with van der Waals surface area (Å²) in [6.45, 7) is 1.41. The number of carbonyl (C=O) groups is 1. The standard InChI is InChI=1S/C19H25N3O6S2/c1-14-6-9-17(30(26,27)22(4)5)12-18(14)20-19(23)13-28-15-7-10-16(11-8-15)29(24,25)21(2)3/h6-12H,13H2,1-5H3,(H,20,23). The smallest absolute Gasteiger partial charge is 0.262 e. The number of sulfonamides is 2. The van der Waals surface area contributed by atoms with Crippen molar-refractivity contribution in [1.29, 1.82) is 0 Å². The monoisotopic (exact) mass is 455 g/mol. The van der Waals surface area contributed by atoms with E-state index < -0.39 is 26.0 Å². The maximum atomic E-state index is 12.3. The summed E-state index contributed by atoms with van der Waals surface area (Å²) in [6, 6.07) is 10.2. The molecule has 0 heterocycles. The van der Waals surface area contributed by atoms with Crippen LogP contribution >= 0.6 is 0 Å². The highest BCUT2D eigenvalue weighted by Gasteiger charge is 2.19. The van der Waals surface area contributed by atoms with Gasteiger partial charge in [0.15, 0.2) is 6.61 Å². The van der Waals surface area contributed by atoms with Gasteiger partial charge < -0.3 is 10.1 Å². The summed E-state index contributed by atoms with van der Waals surface area (Å²) in [4.78, 5) is 12.4. The molecule has 0 aliphatic heterocycles. The number of aryl methyl sites for hydroxylation is 1. The fourth-order valence-electron chi connectivity index (χ4n) is 2.36. The Labute approximate surface area is 177 Å². The average molecular weight is 456 g/mol. The van der Waals surface area contributed by atoms with E-state index in [2.05, 4.69) is 5.32 Å². The number of hydrogen-bond donors (Lipinski definition) is 1. The highest BCUT2D eigenvalue weighted by Crippen LogP contribution is 2.22. The SMILES string of the molecule is Cc1ccc(S(=O)(=O)N(C)C)cc1NC(=O)COc1ccc(S(=O)(=O)N(C)C)cc1. The molecule has 164 valence electrons. The fourth-order valence-corrected chi connectivity index (χ4v) is 4.19. The van der Waals surface area contributed by atoms with Gasteiger partial charge in [-0.1, -0.05) is 6.07 Å². The van der Waals surface area contributed by atoms with Gasteiger partial charge >= 0.3 is 0 Å². The van der Waals surface area contributed by atoms with Crippen molar-refractivity contribution in [3.63, 3.8) is 0 Å². The highest BCUT2D eigenvalue weighted by atomic mass is 32.2. The lowest BCUT2D eigenvalue weighted by Gasteiger charge is -2.15. The van der Waals surface area contributed by atoms with Gasteiger partial charge in [-0.15, -0.1) is 0 Å². The van der Waals surface area contributed by atoms with E-state index >= 15 is 0 Å². The van der Waals surface area contributed by atoms with Crippen LogP contribution in [0.3, 0.4) is 0 Å². The van der Waals surface area contributed by atoms with Crippen LogP contribution in [0.5, 0.6) is 5.75 Å². The van der Waals surface area contributed by atoms with Crippen LogP contribution in [0.4, 0.5) is 5.69 Å². The van der Waals surface area contributed by atoms with Gasteiger partial charge in [-0.05, 0) is 48.9 Å². The number of nitrogens with one attached hydrogen (secondary N) is 1. The number of benzene rings is 2. The van der Waals surface area contributed by atoms with Gasteiger partial charge in [-0.25, -0.2) is 25.4 Å². The summed E-state index contributed by atoms with van der Waals surface area (Å²) in [5.74, 6) is -0.161. The van der Waals surface area contributed by atoms with Gasteiger partial charge in [-0.3, -0.25) is 4.79 Å². The number of ether oxygens (including phenoxy) is 1. The molecule has 2 aromatic carbocycles. The Morgan fingerprint density at radius 2 is 1.37 bits per heavy atom. The Bertz CT molecular complexity index is 1130. The molecule has 1 amide bonds. The number of carbonyl (C=O) groups excluding carboxylic acids is 1. The van der Waals surface area contributed by atoms with Crippen LogP contribution in [0.2, 0.25) is 0 Å². The number of rotatable bonds is 8. The van der Waals surface area contributed by atoms with E-state index in [4.69, 9.17) is 4.74 Å². The molecule has 0 atom stereocenters. The molecule has 0 unspecified atom stereocenters. The van der Waals surface area contributed by atoms with Gasteiger partial charge in [0.1, 0.15) is 5.75 Å². The Morgan fingerprint density at radius 3 is 1.90 bits per heavy atom. The van der Waals surface area contributed by atoms with Crippen LogP contribution < -0.4 is 10.1 Å². The quantitative estimate of drug-likeness (QED) is 0.646. The molecule has 0 bridgehead atoms. The molecule has 0 saturated heterocycles. The van der Waals surface area contributed by atoms with Crippen molar-refractivity contribution < 1.29 is 26.4 Å². The van der Waals surface area contributed by atoms with E-state index in [0.717, 1.165) is 8.61 Å². The first-order valence-corrected chi connectivity index (χ1v) is 11.7. The molecule has 0 radical (unpaired) electrons. The summed E-state index contributed by atoms with van der Waals surface area (Å²) in [6.07, 6.45) is 0. The number of anilines is 1. The topological polar surface area (TPSA) is 113 Å². The second-order valence-electron chi connectivity index (χ2n) is 6.86. The summed E-state index contributed by atoms with van der Waals surface area (Å²) < 4.78 is 56.3. The number of amides is 1. The summed E-state index contributed by atoms with van der Waals surface area (Å²) in [7, 11) is -1.45. The first-order chi connectivity index (χ1) is 13.9. The third kappa shape index (κ3) is 5.36. The van der Waals surface area contributed by atoms with E-state index in [-0.39, 0.29) is 16.4 Å². The Balaban J connectivity index is 2.07. The van der Waals surface area contributed by atoms with Crippen molar-refractivity contribution in [2.75, 3.05) is 40.1 Å². The van der Waals surface area contributed by atoms with Crippen LogP contribution in [0, 0.1) is 6.92 Å². The minimum absolute atomic E-state index is 0.0620. The highest BCUT2D eigenvalue weighted by molar-refractivity contribution is 7.89. The fraction of sp³-hybridized carbons (Fsp3) is 0.316. The largest absolute Gasteiger partial charge is 0.484 e. The van der Waals surface area contributed by atoms with Crippen LogP contribution in [-0.2, 0) is 24.8 Å². The molecule has 2 aromatic rings. The van der Waals surface area contributed by atoms with Crippen molar-refractivity contribution in [1.82, 2.24) is 8.61 Å². The Hall–Kier alpha value is -2.47. The first kappa shape index (κ1) is 23.8. The molecular weight excluding hydrogens is 430 g/mol. The predicted molar refractivity (Wildman–Crippen MR) is 113 cm³/mol. The van der Waals surface area contributed by atoms with Gasteiger partial charge in [0.05, 0.1) is 9.79 Å². The molecule has 0 aliphatic carbocycles. The lowest BCUT2D eigenvalue weighted by molar-refractivity contribution is -0.118. The third-order valence-electron chi connectivity index (χ3n) is 4.23. The van der Waals surface area contributed by atoms with Crippen molar-refractivity contribution in [2.24, 2.45) is 0 Å². The molecule has 11 heteroatoms. The molecule has 0 saturated carbocycles. The van der Waals surface area contributed by atoms with Gasteiger partial charge in [-0.2, -0.15) is 0 Å². The van der Waals surface area contributed by atoms with Gasteiger partial charge in [0.25, 0.3) is 5.91 Å². The zero-order chi connectivity index (χ0) is 22.7. The maximum Gasteiger partial charge on any atom is 0.262 e. The third-order valence-corrected chi connectivity index (χ3v) is 7.87. The van der Waals surface area contributed by atoms with Crippen LogP contribution in [0.1, 0.15) is 5.56 Å². The molecule has 9 nitrogen and oxygen atoms in total. The second kappa shape index (κ2) is 9.13. The lowest BCUT2D eigenvalue weighted by Crippen LogP contribution is -2.23. The zero-order valence-corrected chi connectivity index (χ0v) is 19.0. The first-order valence-electron chi connectivity index (χ1n) is 8.84.